The van der Waals surface area contributed by atoms with Gasteiger partial charge in [-0.1, -0.05) is 0 Å². The van der Waals surface area contributed by atoms with Crippen LogP contribution in [0.2, 0.25) is 0 Å². The summed E-state index contributed by atoms with van der Waals surface area (Å²) >= 11 is 0. The Bertz CT molecular complexity index is 518. The van der Waals surface area contributed by atoms with E-state index in [1.807, 2.05) is 0 Å². The fourth-order valence-electron chi connectivity index (χ4n) is 1.10. The van der Waals surface area contributed by atoms with Crippen LogP contribution in [0.15, 0.2) is 34.5 Å². The van der Waals surface area contributed by atoms with E-state index in [2.05, 4.69) is 15.1 Å². The van der Waals surface area contributed by atoms with Crippen molar-refractivity contribution in [1.82, 2.24) is 9.97 Å². The van der Waals surface area contributed by atoms with Gasteiger partial charge in [0.2, 0.25) is 5.43 Å². The number of rotatable bonds is 1. The second-order valence-electron chi connectivity index (χ2n) is 2.49. The van der Waals surface area contributed by atoms with Crippen molar-refractivity contribution in [1.29, 1.82) is 0 Å². The summed E-state index contributed by atoms with van der Waals surface area (Å²) < 4.78 is 0. The van der Waals surface area contributed by atoms with Crippen LogP contribution in [0.25, 0.3) is 11.0 Å². The quantitative estimate of drug-likeness (QED) is 0.664. The van der Waals surface area contributed by atoms with Gasteiger partial charge in [0.15, 0.2) is 5.69 Å². The highest BCUT2D eigenvalue weighted by molar-refractivity contribution is 5.76. The fraction of sp³-hybridized carbons (Fsp3) is 0. The molecule has 0 radical (unpaired) electrons. The lowest BCUT2D eigenvalue weighted by Crippen LogP contribution is -2.03. The summed E-state index contributed by atoms with van der Waals surface area (Å²) in [4.78, 5) is 28.2. The Morgan fingerprint density at radius 2 is 2.31 bits per heavy atom. The minimum atomic E-state index is -0.440. The molecule has 2 heterocycles. The minimum Gasteiger partial charge on any atom is -0.358 e. The Morgan fingerprint density at radius 1 is 1.46 bits per heavy atom. The van der Waals surface area contributed by atoms with Crippen LogP contribution in [-0.4, -0.2) is 9.97 Å². The molecule has 2 rings (SSSR count). The summed E-state index contributed by atoms with van der Waals surface area (Å²) in [5.74, 6) is 0. The van der Waals surface area contributed by atoms with Gasteiger partial charge in [-0.15, -0.1) is 4.91 Å². The molecule has 1 N–H and O–H groups in total. The molecule has 0 aliphatic heterocycles. The zero-order valence-corrected chi connectivity index (χ0v) is 6.52. The highest BCUT2D eigenvalue weighted by atomic mass is 16.3. The molecule has 0 bridgehead atoms. The second-order valence-corrected chi connectivity index (χ2v) is 2.49. The molecule has 5 heteroatoms. The van der Waals surface area contributed by atoms with Gasteiger partial charge >= 0.3 is 0 Å². The number of pyridine rings is 2. The first-order valence-corrected chi connectivity index (χ1v) is 3.62. The van der Waals surface area contributed by atoms with E-state index in [4.69, 9.17) is 0 Å². The van der Waals surface area contributed by atoms with Gasteiger partial charge in [0, 0.05) is 12.4 Å². The number of aromatic amines is 1. The van der Waals surface area contributed by atoms with Crippen molar-refractivity contribution in [3.8, 4) is 0 Å². The maximum atomic E-state index is 11.4. The van der Waals surface area contributed by atoms with E-state index < -0.39 is 5.43 Å². The van der Waals surface area contributed by atoms with Crippen molar-refractivity contribution in [2.24, 2.45) is 5.18 Å². The maximum Gasteiger partial charge on any atom is 0.236 e. The molecule has 0 aliphatic rings. The largest absolute Gasteiger partial charge is 0.358 e. The molecule has 5 nitrogen and oxygen atoms in total. The van der Waals surface area contributed by atoms with Crippen molar-refractivity contribution in [2.75, 3.05) is 0 Å². The molecule has 0 aliphatic carbocycles. The van der Waals surface area contributed by atoms with E-state index in [0.717, 1.165) is 0 Å². The van der Waals surface area contributed by atoms with Crippen LogP contribution in [0, 0.1) is 4.91 Å². The maximum absolute atomic E-state index is 11.4. The Kier molecular flexibility index (Phi) is 1.63. The molecule has 64 valence electrons. The number of nitrogens with one attached hydrogen (secondary N) is 1. The zero-order chi connectivity index (χ0) is 9.26. The van der Waals surface area contributed by atoms with Gasteiger partial charge in [0.25, 0.3) is 0 Å². The van der Waals surface area contributed by atoms with E-state index in [-0.39, 0.29) is 11.2 Å². The van der Waals surface area contributed by atoms with Crippen LogP contribution >= 0.6 is 0 Å². The van der Waals surface area contributed by atoms with Gasteiger partial charge in [-0.05, 0) is 17.3 Å². The molecule has 13 heavy (non-hydrogen) atoms. The lowest BCUT2D eigenvalue weighted by Gasteiger charge is -1.94. The number of nitroso groups, excluding NO2 is 1. The first-order chi connectivity index (χ1) is 6.33. The van der Waals surface area contributed by atoms with E-state index in [1.165, 1.54) is 12.4 Å². The molecule has 0 saturated heterocycles. The summed E-state index contributed by atoms with van der Waals surface area (Å²) in [6.07, 6.45) is 2.77. The van der Waals surface area contributed by atoms with Crippen LogP contribution in [0.3, 0.4) is 0 Å². The molecular formula is C8H5N3O2. The smallest absolute Gasteiger partial charge is 0.236 e. The lowest BCUT2D eigenvalue weighted by atomic mass is 10.3. The third-order valence-corrected chi connectivity index (χ3v) is 1.72. The fourth-order valence-corrected chi connectivity index (χ4v) is 1.10. The number of hydrogen-bond acceptors (Lipinski definition) is 4. The summed E-state index contributed by atoms with van der Waals surface area (Å²) in [5.41, 5.74) is 0.245. The van der Waals surface area contributed by atoms with Crippen LogP contribution in [0.5, 0.6) is 0 Å². The van der Waals surface area contributed by atoms with Gasteiger partial charge in [-0.3, -0.25) is 9.78 Å². The molecule has 2 aromatic rings. The molecule has 0 aromatic carbocycles. The van der Waals surface area contributed by atoms with Gasteiger partial charge in [0.1, 0.15) is 5.52 Å². The van der Waals surface area contributed by atoms with Crippen molar-refractivity contribution in [3.63, 3.8) is 0 Å². The number of nitrogens with zero attached hydrogens (tertiary/aromatic N) is 2. The normalized spacial score (nSPS) is 10.2. The number of hydrogen-bond donors (Lipinski definition) is 1. The average Bonchev–Trinajstić information content (AvgIpc) is 2.19. The summed E-state index contributed by atoms with van der Waals surface area (Å²) in [7, 11) is 0. The van der Waals surface area contributed by atoms with Crippen molar-refractivity contribution in [2.45, 2.75) is 0 Å². The average molecular weight is 175 g/mol. The van der Waals surface area contributed by atoms with Crippen LogP contribution in [0.1, 0.15) is 0 Å². The monoisotopic (exact) mass is 175 g/mol. The molecule has 0 amide bonds. The number of aromatic nitrogens is 2. The van der Waals surface area contributed by atoms with Gasteiger partial charge in [-0.2, -0.15) is 0 Å². The molecule has 0 atom stereocenters. The van der Waals surface area contributed by atoms with E-state index in [0.29, 0.717) is 5.52 Å². The van der Waals surface area contributed by atoms with Crippen LogP contribution in [-0.2, 0) is 0 Å². The molecular weight excluding hydrogens is 170 g/mol. The standard InChI is InChI=1S/C8H5N3O2/c12-8-6(11-13)4-10-5-2-1-3-9-7(5)8/h1-4H,(H,10,12). The Balaban J connectivity index is 2.95. The van der Waals surface area contributed by atoms with Gasteiger partial charge in [0.05, 0.1) is 5.52 Å². The Morgan fingerprint density at radius 3 is 3.08 bits per heavy atom. The van der Waals surface area contributed by atoms with E-state index in [1.54, 1.807) is 12.1 Å². The van der Waals surface area contributed by atoms with Crippen molar-refractivity contribution >= 4 is 16.7 Å². The summed E-state index contributed by atoms with van der Waals surface area (Å²) in [6, 6.07) is 3.41. The van der Waals surface area contributed by atoms with Crippen molar-refractivity contribution in [3.05, 3.63) is 39.7 Å². The first kappa shape index (κ1) is 7.60. The second kappa shape index (κ2) is 2.78. The molecule has 0 fully saturated rings. The SMILES string of the molecule is O=Nc1c[nH]c2cccnc2c1=O. The Hall–Kier alpha value is -2.04. The minimum absolute atomic E-state index is 0.147. The third kappa shape index (κ3) is 1.10. The predicted octanol–water partition coefficient (Wildman–Crippen LogP) is 1.32. The lowest BCUT2D eigenvalue weighted by molar-refractivity contribution is 1.29. The topological polar surface area (TPSA) is 75.2 Å². The molecule has 0 spiro atoms. The highest BCUT2D eigenvalue weighted by Crippen LogP contribution is 2.08. The van der Waals surface area contributed by atoms with Crippen molar-refractivity contribution < 1.29 is 0 Å². The Labute approximate surface area is 72.4 Å². The summed E-state index contributed by atoms with van der Waals surface area (Å²) in [5, 5.41) is 2.59. The highest BCUT2D eigenvalue weighted by Gasteiger charge is 2.04. The van der Waals surface area contributed by atoms with Gasteiger partial charge in [-0.25, -0.2) is 0 Å². The zero-order valence-electron chi connectivity index (χ0n) is 6.52. The van der Waals surface area contributed by atoms with Crippen LogP contribution in [0.4, 0.5) is 5.69 Å². The number of H-pyrrole nitrogens is 1. The summed E-state index contributed by atoms with van der Waals surface area (Å²) in [6.45, 7) is 0. The van der Waals surface area contributed by atoms with Crippen LogP contribution < -0.4 is 5.43 Å². The number of fused-ring (bicyclic) bond motifs is 1. The van der Waals surface area contributed by atoms with E-state index >= 15 is 0 Å². The first-order valence-electron chi connectivity index (χ1n) is 3.62. The van der Waals surface area contributed by atoms with Gasteiger partial charge < -0.3 is 4.98 Å². The molecule has 2 aromatic heterocycles. The van der Waals surface area contributed by atoms with E-state index in [9.17, 15) is 9.70 Å². The third-order valence-electron chi connectivity index (χ3n) is 1.72. The molecule has 0 unspecified atom stereocenters. The molecule has 0 saturated carbocycles. The predicted molar refractivity (Wildman–Crippen MR) is 47.8 cm³/mol.